The molecule has 0 unspecified atom stereocenters. The van der Waals surface area contributed by atoms with Crippen molar-refractivity contribution in [2.24, 2.45) is 0 Å². The van der Waals surface area contributed by atoms with Gasteiger partial charge in [-0.05, 0) is 64.2 Å². The van der Waals surface area contributed by atoms with E-state index in [4.69, 9.17) is 0 Å². The molecule has 0 aromatic carbocycles. The minimum Gasteiger partial charge on any atom is -0.299 e. The second kappa shape index (κ2) is 10.4. The van der Waals surface area contributed by atoms with E-state index < -0.39 is 0 Å². The van der Waals surface area contributed by atoms with Gasteiger partial charge in [0.15, 0.2) is 0 Å². The van der Waals surface area contributed by atoms with Crippen molar-refractivity contribution in [2.75, 3.05) is 0 Å². The Labute approximate surface area is 111 Å². The van der Waals surface area contributed by atoms with Crippen LogP contribution in [0.1, 0.15) is 19.8 Å². The molecule has 2 aliphatic carbocycles. The van der Waals surface area contributed by atoms with Crippen molar-refractivity contribution in [3.05, 3.63) is 63.7 Å². The van der Waals surface area contributed by atoms with E-state index in [1.54, 1.807) is 0 Å². The second-order valence-corrected chi connectivity index (χ2v) is 3.31. The normalized spacial score (nSPS) is 19.8. The Morgan fingerprint density at radius 2 is 1.38 bits per heavy atom. The molecule has 0 bridgehead atoms. The van der Waals surface area contributed by atoms with E-state index in [-0.39, 0.29) is 22.9 Å². The molecule has 0 aromatic heterocycles. The van der Waals surface area contributed by atoms with Gasteiger partial charge >= 0.3 is 17.1 Å². The first-order valence-corrected chi connectivity index (χ1v) is 5.26. The number of carbonyl (C=O) groups excluding carboxylic acids is 1. The fraction of sp³-hybridized carbons (Fsp3) is 0.214. The van der Waals surface area contributed by atoms with Gasteiger partial charge in [0.2, 0.25) is 0 Å². The predicted molar refractivity (Wildman–Crippen MR) is 61.9 cm³/mol. The third-order valence-corrected chi connectivity index (χ3v) is 2.02. The fourth-order valence-electron chi connectivity index (χ4n) is 1.25. The topological polar surface area (TPSA) is 17.1 Å². The van der Waals surface area contributed by atoms with Gasteiger partial charge in [-0.1, -0.05) is 6.92 Å². The van der Waals surface area contributed by atoms with Gasteiger partial charge < -0.3 is 0 Å². The Bertz CT molecular complexity index is 162. The molecular weight excluding hydrogens is 240 g/mol. The van der Waals surface area contributed by atoms with Gasteiger partial charge in [0.1, 0.15) is 5.78 Å². The monoisotopic (exact) mass is 256 g/mol. The van der Waals surface area contributed by atoms with Crippen LogP contribution in [0.25, 0.3) is 0 Å². The van der Waals surface area contributed by atoms with Crippen LogP contribution < -0.4 is 0 Å². The average Bonchev–Trinajstić information content (AvgIpc) is 2.95. The molecule has 0 heterocycles. The van der Waals surface area contributed by atoms with Crippen molar-refractivity contribution in [1.29, 1.82) is 0 Å². The second-order valence-electron chi connectivity index (χ2n) is 3.31. The molecule has 2 rings (SSSR count). The summed E-state index contributed by atoms with van der Waals surface area (Å²) in [6.07, 6.45) is 19.1. The summed E-state index contributed by atoms with van der Waals surface area (Å²) in [7, 11) is 0. The number of Topliss-reactive ketones (excluding diaryl/α,β-unsaturated/α-hetero) is 1. The van der Waals surface area contributed by atoms with Gasteiger partial charge in [-0.2, -0.15) is 0 Å². The zero-order valence-electron chi connectivity index (χ0n) is 9.37. The molecule has 0 amide bonds. The van der Waals surface area contributed by atoms with Crippen molar-refractivity contribution in [1.82, 2.24) is 0 Å². The molecule has 2 saturated carbocycles. The predicted octanol–water partition coefficient (Wildman–Crippen LogP) is 2.78. The molecule has 1 nitrogen and oxygen atoms in total. The molecule has 0 aromatic rings. The summed E-state index contributed by atoms with van der Waals surface area (Å²) in [6, 6.07) is 0. The van der Waals surface area contributed by atoms with E-state index in [2.05, 4.69) is 0 Å². The Balaban J connectivity index is 0.000000318. The maximum atomic E-state index is 11.1. The van der Waals surface area contributed by atoms with Crippen molar-refractivity contribution >= 4 is 5.78 Å². The summed E-state index contributed by atoms with van der Waals surface area (Å²) in [5.41, 5.74) is 0. The van der Waals surface area contributed by atoms with Gasteiger partial charge in [-0.3, -0.25) is 4.79 Å². The third kappa shape index (κ3) is 6.70. The van der Waals surface area contributed by atoms with Crippen LogP contribution in [0.5, 0.6) is 0 Å². The van der Waals surface area contributed by atoms with Crippen molar-refractivity contribution in [3.8, 4) is 0 Å². The minimum atomic E-state index is 0. The molecule has 0 spiro atoms. The van der Waals surface area contributed by atoms with Crippen molar-refractivity contribution < 1.29 is 21.9 Å². The summed E-state index contributed by atoms with van der Waals surface area (Å²) < 4.78 is 0. The van der Waals surface area contributed by atoms with Gasteiger partial charge in [-0.15, -0.1) is 0 Å². The molecule has 16 heavy (non-hydrogen) atoms. The summed E-state index contributed by atoms with van der Waals surface area (Å²) in [4.78, 5) is 11.1. The van der Waals surface area contributed by atoms with Crippen LogP contribution in [0.4, 0.5) is 0 Å². The number of hydrogen-bond acceptors (Lipinski definition) is 1. The molecule has 0 atom stereocenters. The first-order chi connectivity index (χ1) is 7.34. The largest absolute Gasteiger partial charge is 2.00 e. The van der Waals surface area contributed by atoms with Crippen LogP contribution in [-0.4, -0.2) is 5.78 Å². The maximum absolute atomic E-state index is 11.1. The maximum Gasteiger partial charge on any atom is 2.00 e. The first kappa shape index (κ1) is 16.2. The Kier molecular flexibility index (Phi) is 10.5. The van der Waals surface area contributed by atoms with E-state index in [1.807, 2.05) is 64.7 Å². The molecule has 2 aliphatic rings. The Morgan fingerprint density at radius 3 is 1.75 bits per heavy atom. The van der Waals surface area contributed by atoms with E-state index in [1.165, 1.54) is 0 Å². The van der Waals surface area contributed by atoms with Crippen molar-refractivity contribution in [3.63, 3.8) is 0 Å². The van der Waals surface area contributed by atoms with E-state index in [0.717, 1.165) is 12.3 Å². The number of rotatable bonds is 3. The quantitative estimate of drug-likeness (QED) is 0.709. The molecule has 0 N–H and O–H groups in total. The Hall–Kier alpha value is 0.189. The SMILES string of the molecule is CCCC(=O)[C]1[CH][CH][CH][CH]1.[CH]1[CH][CH][CH][CH]1.[Fe+2]. The van der Waals surface area contributed by atoms with E-state index >= 15 is 0 Å². The third-order valence-electron chi connectivity index (χ3n) is 2.02. The minimum absolute atomic E-state index is 0. The molecule has 2 heteroatoms. The van der Waals surface area contributed by atoms with E-state index in [0.29, 0.717) is 6.42 Å². The molecular formula is C14H16FeO+2. The molecule has 2 fully saturated rings. The van der Waals surface area contributed by atoms with Gasteiger partial charge in [0.25, 0.3) is 0 Å². The summed E-state index contributed by atoms with van der Waals surface area (Å²) >= 11 is 0. The van der Waals surface area contributed by atoms with Crippen LogP contribution in [0, 0.1) is 63.7 Å². The molecule has 10 radical (unpaired) electrons. The molecule has 0 aliphatic heterocycles. The van der Waals surface area contributed by atoms with Crippen molar-refractivity contribution in [2.45, 2.75) is 19.8 Å². The fourth-order valence-corrected chi connectivity index (χ4v) is 1.25. The molecule has 84 valence electrons. The zero-order chi connectivity index (χ0) is 10.9. The van der Waals surface area contributed by atoms with Crippen LogP contribution in [0.15, 0.2) is 0 Å². The van der Waals surface area contributed by atoms with Gasteiger partial charge in [-0.25, -0.2) is 0 Å². The van der Waals surface area contributed by atoms with Crippen LogP contribution in [-0.2, 0) is 21.9 Å². The zero-order valence-corrected chi connectivity index (χ0v) is 10.5. The summed E-state index contributed by atoms with van der Waals surface area (Å²) in [5.74, 6) is 1.11. The Morgan fingerprint density at radius 1 is 0.938 bits per heavy atom. The first-order valence-electron chi connectivity index (χ1n) is 5.26. The van der Waals surface area contributed by atoms with Gasteiger partial charge in [0, 0.05) is 12.3 Å². The van der Waals surface area contributed by atoms with Gasteiger partial charge in [0.05, 0.1) is 0 Å². The smallest absolute Gasteiger partial charge is 0.299 e. The standard InChI is InChI=1S/C9H11O.C5H5.Fe/c1-2-5-9(10)8-6-3-4-7-8;1-2-4-5-3-1;/h3-4,6-7H,2,5H2,1H3;1-5H;/q;;+2. The summed E-state index contributed by atoms with van der Waals surface area (Å²) in [5, 5.41) is 0. The number of hydrogen-bond donors (Lipinski definition) is 0. The summed E-state index contributed by atoms with van der Waals surface area (Å²) in [6.45, 7) is 2.01. The van der Waals surface area contributed by atoms with Crippen LogP contribution >= 0.6 is 0 Å². The van der Waals surface area contributed by atoms with Crippen LogP contribution in [0.3, 0.4) is 0 Å². The average molecular weight is 256 g/mol. The number of carbonyl (C=O) groups is 1. The number of ketones is 1. The molecule has 0 saturated heterocycles. The van der Waals surface area contributed by atoms with Crippen LogP contribution in [0.2, 0.25) is 0 Å². The van der Waals surface area contributed by atoms with E-state index in [9.17, 15) is 4.79 Å².